The second-order valence-electron chi connectivity index (χ2n) is 6.92. The van der Waals surface area contributed by atoms with Crippen LogP contribution in [0.25, 0.3) is 0 Å². The third-order valence-corrected chi connectivity index (χ3v) is 5.61. The first-order valence-electron chi connectivity index (χ1n) is 6.83. The molecule has 0 aliphatic heterocycles. The number of nitrogens with one attached hydrogen (secondary N) is 1. The zero-order chi connectivity index (χ0) is 12.8. The third-order valence-electron chi connectivity index (χ3n) is 5.61. The molecule has 0 aromatic heterocycles. The summed E-state index contributed by atoms with van der Waals surface area (Å²) in [5.41, 5.74) is 6.18. The highest BCUT2D eigenvalue weighted by Crippen LogP contribution is 2.62. The summed E-state index contributed by atoms with van der Waals surface area (Å²) in [6.07, 6.45) is 3.28. The predicted octanol–water partition coefficient (Wildman–Crippen LogP) is 1.91. The number of carbonyl (C=O) groups excluding carboxylic acids is 1. The van der Waals surface area contributed by atoms with Crippen molar-refractivity contribution in [2.45, 2.75) is 53.0 Å². The Bertz CT molecular complexity index is 308. The van der Waals surface area contributed by atoms with E-state index in [0.29, 0.717) is 18.5 Å². The molecule has 3 nitrogen and oxygen atoms in total. The van der Waals surface area contributed by atoms with Gasteiger partial charge in [0.2, 0.25) is 5.91 Å². The van der Waals surface area contributed by atoms with E-state index in [4.69, 9.17) is 5.73 Å². The van der Waals surface area contributed by atoms with Crippen LogP contribution in [0.3, 0.4) is 0 Å². The molecule has 1 amide bonds. The molecule has 2 atom stereocenters. The van der Waals surface area contributed by atoms with Crippen LogP contribution in [0, 0.1) is 22.7 Å². The van der Waals surface area contributed by atoms with Crippen LogP contribution in [0.2, 0.25) is 0 Å². The van der Waals surface area contributed by atoms with Crippen LogP contribution in [-0.4, -0.2) is 18.5 Å². The topological polar surface area (TPSA) is 55.1 Å². The minimum Gasteiger partial charge on any atom is -0.352 e. The van der Waals surface area contributed by atoms with Gasteiger partial charge < -0.3 is 11.1 Å². The van der Waals surface area contributed by atoms with E-state index in [9.17, 15) is 4.79 Å². The van der Waals surface area contributed by atoms with Gasteiger partial charge in [0.1, 0.15) is 0 Å². The fraction of sp³-hybridized carbons (Fsp3) is 0.929. The molecule has 0 bridgehead atoms. The summed E-state index contributed by atoms with van der Waals surface area (Å²) in [7, 11) is 0. The highest BCUT2D eigenvalue weighted by atomic mass is 16.2. The van der Waals surface area contributed by atoms with E-state index in [1.807, 2.05) is 0 Å². The minimum absolute atomic E-state index is 0.159. The molecule has 17 heavy (non-hydrogen) atoms. The first-order valence-corrected chi connectivity index (χ1v) is 6.83. The van der Waals surface area contributed by atoms with E-state index in [2.05, 4.69) is 33.0 Å². The van der Waals surface area contributed by atoms with E-state index in [0.717, 1.165) is 19.3 Å². The van der Waals surface area contributed by atoms with Gasteiger partial charge in [-0.2, -0.15) is 0 Å². The summed E-state index contributed by atoms with van der Waals surface area (Å²) in [5.74, 6) is 0.800. The zero-order valence-corrected chi connectivity index (χ0v) is 11.5. The average Bonchev–Trinajstić information content (AvgIpc) is 2.64. The van der Waals surface area contributed by atoms with Gasteiger partial charge >= 0.3 is 0 Å². The Hall–Kier alpha value is -0.570. The largest absolute Gasteiger partial charge is 0.352 e. The number of hydrogen-bond donors (Lipinski definition) is 2. The summed E-state index contributed by atoms with van der Waals surface area (Å²) in [5, 5.41) is 3.25. The minimum atomic E-state index is 0.159. The first-order chi connectivity index (χ1) is 7.82. The van der Waals surface area contributed by atoms with E-state index in [1.54, 1.807) is 0 Å². The van der Waals surface area contributed by atoms with Crippen molar-refractivity contribution in [3.05, 3.63) is 0 Å². The molecule has 2 rings (SSSR count). The van der Waals surface area contributed by atoms with E-state index >= 15 is 0 Å². The van der Waals surface area contributed by atoms with Crippen LogP contribution < -0.4 is 11.1 Å². The molecular formula is C14H26N2O. The molecule has 2 fully saturated rings. The van der Waals surface area contributed by atoms with Gasteiger partial charge in [0.15, 0.2) is 0 Å². The molecule has 2 aliphatic carbocycles. The van der Waals surface area contributed by atoms with Crippen LogP contribution in [0.5, 0.6) is 0 Å². The smallest absolute Gasteiger partial charge is 0.223 e. The van der Waals surface area contributed by atoms with Crippen molar-refractivity contribution in [1.82, 2.24) is 5.32 Å². The van der Waals surface area contributed by atoms with Crippen molar-refractivity contribution >= 4 is 5.91 Å². The Morgan fingerprint density at radius 3 is 2.29 bits per heavy atom. The van der Waals surface area contributed by atoms with Gasteiger partial charge in [0.25, 0.3) is 0 Å². The lowest BCUT2D eigenvalue weighted by Gasteiger charge is -2.18. The summed E-state index contributed by atoms with van der Waals surface area (Å²) in [6, 6.07) is 0.321. The van der Waals surface area contributed by atoms with E-state index in [1.165, 1.54) is 0 Å². The summed E-state index contributed by atoms with van der Waals surface area (Å²) in [6.45, 7) is 9.57. The molecule has 3 N–H and O–H groups in total. The van der Waals surface area contributed by atoms with E-state index in [-0.39, 0.29) is 22.7 Å². The molecule has 0 aromatic carbocycles. The SMILES string of the molecule is CC1(C)C(NC(=O)C2CCCC2CN)C1(C)C. The number of carbonyl (C=O) groups is 1. The number of hydrogen-bond acceptors (Lipinski definition) is 2. The van der Waals surface area contributed by atoms with Gasteiger partial charge in [-0.1, -0.05) is 34.1 Å². The lowest BCUT2D eigenvalue weighted by atomic mass is 9.95. The number of nitrogens with two attached hydrogens (primary N) is 1. The molecule has 2 aliphatic rings. The van der Waals surface area contributed by atoms with Gasteiger partial charge in [-0.15, -0.1) is 0 Å². The Morgan fingerprint density at radius 1 is 1.24 bits per heavy atom. The zero-order valence-electron chi connectivity index (χ0n) is 11.5. The van der Waals surface area contributed by atoms with E-state index < -0.39 is 0 Å². The van der Waals surface area contributed by atoms with Crippen molar-refractivity contribution in [3.63, 3.8) is 0 Å². The maximum atomic E-state index is 12.3. The van der Waals surface area contributed by atoms with Crippen molar-refractivity contribution in [3.8, 4) is 0 Å². The molecule has 98 valence electrons. The lowest BCUT2D eigenvalue weighted by molar-refractivity contribution is -0.126. The normalized spacial score (nSPS) is 34.6. The summed E-state index contributed by atoms with van der Waals surface area (Å²) < 4.78 is 0. The highest BCUT2D eigenvalue weighted by molar-refractivity contribution is 5.80. The molecule has 2 saturated carbocycles. The molecule has 0 heterocycles. The maximum Gasteiger partial charge on any atom is 0.223 e. The molecule has 0 radical (unpaired) electrons. The van der Waals surface area contributed by atoms with Crippen molar-refractivity contribution in [2.75, 3.05) is 6.54 Å². The fourth-order valence-electron chi connectivity index (χ4n) is 3.47. The van der Waals surface area contributed by atoms with Crippen molar-refractivity contribution in [2.24, 2.45) is 28.4 Å². The second kappa shape index (κ2) is 3.98. The Morgan fingerprint density at radius 2 is 1.82 bits per heavy atom. The lowest BCUT2D eigenvalue weighted by Crippen LogP contribution is -2.38. The molecular weight excluding hydrogens is 212 g/mol. The van der Waals surface area contributed by atoms with Crippen LogP contribution in [0.15, 0.2) is 0 Å². The van der Waals surface area contributed by atoms with Gasteiger partial charge in [-0.25, -0.2) is 0 Å². The van der Waals surface area contributed by atoms with Gasteiger partial charge in [-0.05, 0) is 36.1 Å². The molecule has 0 spiro atoms. The molecule has 0 aromatic rings. The highest BCUT2D eigenvalue weighted by Gasteiger charge is 2.65. The van der Waals surface area contributed by atoms with Crippen molar-refractivity contribution in [1.29, 1.82) is 0 Å². The number of rotatable bonds is 3. The Balaban J connectivity index is 1.95. The van der Waals surface area contributed by atoms with Crippen LogP contribution in [0.4, 0.5) is 0 Å². The van der Waals surface area contributed by atoms with Crippen LogP contribution in [-0.2, 0) is 4.79 Å². The number of amides is 1. The monoisotopic (exact) mass is 238 g/mol. The molecule has 0 saturated heterocycles. The van der Waals surface area contributed by atoms with Gasteiger partial charge in [0.05, 0.1) is 0 Å². The Kier molecular flexibility index (Phi) is 3.01. The van der Waals surface area contributed by atoms with Crippen LogP contribution in [0.1, 0.15) is 47.0 Å². The second-order valence-corrected chi connectivity index (χ2v) is 6.92. The van der Waals surface area contributed by atoms with Gasteiger partial charge in [0, 0.05) is 12.0 Å². The summed E-state index contributed by atoms with van der Waals surface area (Å²) in [4.78, 5) is 12.3. The molecule has 2 unspecified atom stereocenters. The Labute approximate surface area is 105 Å². The van der Waals surface area contributed by atoms with Gasteiger partial charge in [-0.3, -0.25) is 4.79 Å². The molecule has 3 heteroatoms. The standard InChI is InChI=1S/C14H26N2O/c1-13(2)12(14(13,3)4)16-11(17)10-7-5-6-9(10)8-15/h9-10,12H,5-8,15H2,1-4H3,(H,16,17). The quantitative estimate of drug-likeness (QED) is 0.789. The first kappa shape index (κ1) is 12.9. The van der Waals surface area contributed by atoms with Crippen LogP contribution >= 0.6 is 0 Å². The van der Waals surface area contributed by atoms with Crippen molar-refractivity contribution < 1.29 is 4.79 Å². The maximum absolute atomic E-state index is 12.3. The average molecular weight is 238 g/mol. The third kappa shape index (κ3) is 1.88. The predicted molar refractivity (Wildman–Crippen MR) is 69.4 cm³/mol. The fourth-order valence-corrected chi connectivity index (χ4v) is 3.47. The summed E-state index contributed by atoms with van der Waals surface area (Å²) >= 11 is 0.